The average molecular weight is 216 g/mol. The van der Waals surface area contributed by atoms with Crippen molar-refractivity contribution >= 4 is 17.0 Å². The van der Waals surface area contributed by atoms with Crippen LogP contribution in [0.4, 0.5) is 0 Å². The SMILES string of the molecule is CO/C=C/c1cc2ccc(=O)oc2cc1C. The first-order chi connectivity index (χ1) is 7.70. The van der Waals surface area contributed by atoms with Gasteiger partial charge in [0.1, 0.15) is 5.58 Å². The highest BCUT2D eigenvalue weighted by Crippen LogP contribution is 2.19. The van der Waals surface area contributed by atoms with Gasteiger partial charge < -0.3 is 9.15 Å². The van der Waals surface area contributed by atoms with Crippen LogP contribution in [0.25, 0.3) is 17.0 Å². The lowest BCUT2D eigenvalue weighted by molar-refractivity contribution is 0.341. The minimum absolute atomic E-state index is 0.327. The second-order valence-corrected chi connectivity index (χ2v) is 3.54. The average Bonchev–Trinajstić information content (AvgIpc) is 2.26. The summed E-state index contributed by atoms with van der Waals surface area (Å²) in [7, 11) is 1.60. The van der Waals surface area contributed by atoms with Crippen LogP contribution in [0.15, 0.2) is 39.7 Å². The molecule has 3 nitrogen and oxygen atoms in total. The van der Waals surface area contributed by atoms with Crippen LogP contribution in [-0.2, 0) is 4.74 Å². The zero-order valence-electron chi connectivity index (χ0n) is 9.19. The molecular formula is C13H12O3. The van der Waals surface area contributed by atoms with Gasteiger partial charge in [-0.2, -0.15) is 0 Å². The Morgan fingerprint density at radius 3 is 2.88 bits per heavy atom. The molecule has 0 saturated heterocycles. The fourth-order valence-electron chi connectivity index (χ4n) is 1.56. The Labute approximate surface area is 93.0 Å². The van der Waals surface area contributed by atoms with Crippen molar-refractivity contribution in [3.63, 3.8) is 0 Å². The van der Waals surface area contributed by atoms with Crippen molar-refractivity contribution in [3.8, 4) is 0 Å². The van der Waals surface area contributed by atoms with E-state index in [0.29, 0.717) is 5.58 Å². The molecule has 0 spiro atoms. The van der Waals surface area contributed by atoms with E-state index in [9.17, 15) is 4.79 Å². The van der Waals surface area contributed by atoms with E-state index in [1.54, 1.807) is 19.4 Å². The minimum atomic E-state index is -0.327. The number of ether oxygens (including phenoxy) is 1. The molecular weight excluding hydrogens is 204 g/mol. The number of methoxy groups -OCH3 is 1. The van der Waals surface area contributed by atoms with Crippen LogP contribution in [0.1, 0.15) is 11.1 Å². The molecule has 0 aliphatic carbocycles. The lowest BCUT2D eigenvalue weighted by Gasteiger charge is -2.02. The Morgan fingerprint density at radius 1 is 1.31 bits per heavy atom. The molecule has 0 saturated carbocycles. The fraction of sp³-hybridized carbons (Fsp3) is 0.154. The maximum absolute atomic E-state index is 11.1. The van der Waals surface area contributed by atoms with Gasteiger partial charge in [0.15, 0.2) is 0 Å². The van der Waals surface area contributed by atoms with Crippen molar-refractivity contribution in [2.45, 2.75) is 6.92 Å². The van der Waals surface area contributed by atoms with Crippen LogP contribution in [0.2, 0.25) is 0 Å². The molecule has 2 rings (SSSR count). The molecule has 3 heteroatoms. The number of fused-ring (bicyclic) bond motifs is 1. The molecule has 2 aromatic rings. The highest BCUT2D eigenvalue weighted by atomic mass is 16.5. The number of aryl methyl sites for hydroxylation is 1. The fourth-order valence-corrected chi connectivity index (χ4v) is 1.56. The summed E-state index contributed by atoms with van der Waals surface area (Å²) in [4.78, 5) is 11.1. The lowest BCUT2D eigenvalue weighted by atomic mass is 10.1. The number of hydrogen-bond acceptors (Lipinski definition) is 3. The third-order valence-corrected chi connectivity index (χ3v) is 2.39. The van der Waals surface area contributed by atoms with Gasteiger partial charge in [0, 0.05) is 11.5 Å². The van der Waals surface area contributed by atoms with E-state index < -0.39 is 0 Å². The Hall–Kier alpha value is -2.03. The predicted molar refractivity (Wildman–Crippen MR) is 63.3 cm³/mol. The molecule has 16 heavy (non-hydrogen) atoms. The Bertz CT molecular complexity index is 594. The molecule has 0 radical (unpaired) electrons. The highest BCUT2D eigenvalue weighted by Gasteiger charge is 2.01. The van der Waals surface area contributed by atoms with Gasteiger partial charge in [-0.15, -0.1) is 0 Å². The molecule has 0 atom stereocenters. The Morgan fingerprint density at radius 2 is 2.12 bits per heavy atom. The van der Waals surface area contributed by atoms with Gasteiger partial charge >= 0.3 is 5.63 Å². The highest BCUT2D eigenvalue weighted by molar-refractivity contribution is 5.80. The maximum Gasteiger partial charge on any atom is 0.336 e. The van der Waals surface area contributed by atoms with E-state index in [4.69, 9.17) is 9.15 Å². The summed E-state index contributed by atoms with van der Waals surface area (Å²) in [5.41, 5.74) is 2.37. The van der Waals surface area contributed by atoms with Crippen molar-refractivity contribution in [2.75, 3.05) is 7.11 Å². The molecule has 0 aliphatic heterocycles. The van der Waals surface area contributed by atoms with Crippen molar-refractivity contribution in [2.24, 2.45) is 0 Å². The summed E-state index contributed by atoms with van der Waals surface area (Å²) in [5, 5.41) is 0.904. The quantitative estimate of drug-likeness (QED) is 0.572. The van der Waals surface area contributed by atoms with Gasteiger partial charge in [-0.3, -0.25) is 0 Å². The van der Waals surface area contributed by atoms with Crippen molar-refractivity contribution in [3.05, 3.63) is 52.1 Å². The third-order valence-electron chi connectivity index (χ3n) is 2.39. The molecule has 0 unspecified atom stereocenters. The predicted octanol–water partition coefficient (Wildman–Crippen LogP) is 2.72. The van der Waals surface area contributed by atoms with Crippen LogP contribution in [0.5, 0.6) is 0 Å². The molecule has 1 aromatic heterocycles. The van der Waals surface area contributed by atoms with Gasteiger partial charge in [0.25, 0.3) is 0 Å². The first-order valence-corrected chi connectivity index (χ1v) is 4.94. The summed E-state index contributed by atoms with van der Waals surface area (Å²) < 4.78 is 9.97. The summed E-state index contributed by atoms with van der Waals surface area (Å²) >= 11 is 0. The third kappa shape index (κ3) is 1.98. The molecule has 0 aliphatic rings. The second-order valence-electron chi connectivity index (χ2n) is 3.54. The first-order valence-electron chi connectivity index (χ1n) is 4.94. The standard InChI is InChI=1S/C13H12O3/c1-9-7-12-11(3-4-13(14)16-12)8-10(9)5-6-15-2/h3-8H,1-2H3/b6-5+. The second kappa shape index (κ2) is 4.23. The van der Waals surface area contributed by atoms with E-state index in [1.807, 2.05) is 25.1 Å². The first kappa shape index (κ1) is 10.5. The van der Waals surface area contributed by atoms with Crippen molar-refractivity contribution in [1.29, 1.82) is 0 Å². The van der Waals surface area contributed by atoms with Crippen molar-refractivity contribution < 1.29 is 9.15 Å². The molecule has 82 valence electrons. The van der Waals surface area contributed by atoms with E-state index in [-0.39, 0.29) is 5.63 Å². The van der Waals surface area contributed by atoms with Gasteiger partial charge in [-0.1, -0.05) is 0 Å². The summed E-state index contributed by atoms with van der Waals surface area (Å²) in [6, 6.07) is 6.99. The summed E-state index contributed by atoms with van der Waals surface area (Å²) in [6.07, 6.45) is 3.49. The minimum Gasteiger partial charge on any atom is -0.504 e. The number of benzene rings is 1. The largest absolute Gasteiger partial charge is 0.504 e. The Kier molecular flexibility index (Phi) is 2.77. The topological polar surface area (TPSA) is 39.4 Å². The van der Waals surface area contributed by atoms with E-state index in [1.165, 1.54) is 6.07 Å². The van der Waals surface area contributed by atoms with Crippen LogP contribution in [0.3, 0.4) is 0 Å². The van der Waals surface area contributed by atoms with Crippen LogP contribution in [0, 0.1) is 6.92 Å². The lowest BCUT2D eigenvalue weighted by Crippen LogP contribution is -1.95. The molecule has 1 aromatic carbocycles. The normalized spacial score (nSPS) is 11.1. The number of rotatable bonds is 2. The van der Waals surface area contributed by atoms with Crippen LogP contribution < -0.4 is 5.63 Å². The molecule has 0 bridgehead atoms. The van der Waals surface area contributed by atoms with Gasteiger partial charge in [0.05, 0.1) is 13.4 Å². The van der Waals surface area contributed by atoms with Crippen LogP contribution >= 0.6 is 0 Å². The number of hydrogen-bond donors (Lipinski definition) is 0. The van der Waals surface area contributed by atoms with Gasteiger partial charge in [-0.25, -0.2) is 4.79 Å². The molecule has 0 amide bonds. The smallest absolute Gasteiger partial charge is 0.336 e. The van der Waals surface area contributed by atoms with Crippen molar-refractivity contribution in [1.82, 2.24) is 0 Å². The van der Waals surface area contributed by atoms with E-state index >= 15 is 0 Å². The zero-order chi connectivity index (χ0) is 11.5. The van der Waals surface area contributed by atoms with Gasteiger partial charge in [0.2, 0.25) is 0 Å². The molecule has 0 N–H and O–H groups in total. The summed E-state index contributed by atoms with van der Waals surface area (Å²) in [6.45, 7) is 1.96. The molecule has 1 heterocycles. The summed E-state index contributed by atoms with van der Waals surface area (Å²) in [5.74, 6) is 0. The van der Waals surface area contributed by atoms with E-state index in [2.05, 4.69) is 0 Å². The maximum atomic E-state index is 11.1. The van der Waals surface area contributed by atoms with Crippen LogP contribution in [-0.4, -0.2) is 7.11 Å². The van der Waals surface area contributed by atoms with E-state index in [0.717, 1.165) is 16.5 Å². The molecule has 0 fully saturated rings. The Balaban J connectivity index is 2.62. The zero-order valence-corrected chi connectivity index (χ0v) is 9.19. The van der Waals surface area contributed by atoms with Gasteiger partial charge in [-0.05, 0) is 42.3 Å². The monoisotopic (exact) mass is 216 g/mol.